The fraction of sp³-hybridized carbons (Fsp3) is 0.375. The number of hydrogen-bond donors (Lipinski definition) is 1. The molecule has 0 aliphatic heterocycles. The van der Waals surface area contributed by atoms with Crippen molar-refractivity contribution in [2.24, 2.45) is 5.92 Å². The fourth-order valence-electron chi connectivity index (χ4n) is 5.55. The maximum absolute atomic E-state index is 13.3. The van der Waals surface area contributed by atoms with E-state index in [0.29, 0.717) is 29.4 Å². The Bertz CT molecular complexity index is 1740. The van der Waals surface area contributed by atoms with Gasteiger partial charge in [-0.05, 0) is 68.7 Å². The summed E-state index contributed by atoms with van der Waals surface area (Å²) < 4.78 is 50.9. The first-order chi connectivity index (χ1) is 20.8. The molecule has 6 rings (SSSR count). The molecule has 8 nitrogen and oxygen atoms in total. The molecule has 3 heterocycles. The lowest BCUT2D eigenvalue weighted by molar-refractivity contribution is -0.294. The van der Waals surface area contributed by atoms with Crippen molar-refractivity contribution in [3.8, 4) is 21.9 Å². The number of aromatic nitrogens is 3. The highest BCUT2D eigenvalue weighted by molar-refractivity contribution is 7.19. The van der Waals surface area contributed by atoms with Crippen LogP contribution in [0.1, 0.15) is 40.0 Å². The van der Waals surface area contributed by atoms with Crippen LogP contribution in [0.15, 0.2) is 71.1 Å². The Morgan fingerprint density at radius 3 is 2.77 bits per heavy atom. The molecule has 2 aliphatic rings. The number of nitrogens with zero attached hydrogens (tertiary/aromatic N) is 4. The number of halogens is 3. The molecule has 1 amide bonds. The van der Waals surface area contributed by atoms with Gasteiger partial charge in [-0.3, -0.25) is 4.98 Å². The fourth-order valence-corrected chi connectivity index (χ4v) is 6.63. The smallest absolute Gasteiger partial charge is 0.444 e. The third kappa shape index (κ3) is 6.15. The molecule has 1 fully saturated rings. The van der Waals surface area contributed by atoms with E-state index in [2.05, 4.69) is 27.7 Å². The lowest BCUT2D eigenvalue weighted by Crippen LogP contribution is -2.46. The Kier molecular flexibility index (Phi) is 7.40. The van der Waals surface area contributed by atoms with Crippen LogP contribution >= 0.6 is 11.3 Å². The number of alkyl halides is 3. The first-order valence-electron chi connectivity index (χ1n) is 14.2. The number of carbonyl (C=O) groups excluding carboxylic acids is 1. The standard InChI is InChI=1S/C32H30F3N5O3S/c1-30(2,3)43-29(41)39-31(14-19-5-9-23(10-6-19)32(33,34)35)15-25(31)40(4)28-38-26(24-17-37-18-42-24)27(44-28)21-7-8-22-16-36-12-11-20(22)13-21/h5-9,11-13,16-17,23,25H,10,14-15H2,1-4H3/p+1/t23?,25-,31+/m1/s1. The number of allylic oxidation sites excluding steroid dienone is 3. The van der Waals surface area contributed by atoms with Gasteiger partial charge in [-0.1, -0.05) is 41.7 Å². The first kappa shape index (κ1) is 29.7. The topological polar surface area (TPSA) is 94.6 Å². The Morgan fingerprint density at radius 1 is 1.27 bits per heavy atom. The van der Waals surface area contributed by atoms with Crippen molar-refractivity contribution in [3.63, 3.8) is 0 Å². The molecule has 0 bridgehead atoms. The zero-order chi connectivity index (χ0) is 31.3. The van der Waals surface area contributed by atoms with Gasteiger partial charge in [0.2, 0.25) is 0 Å². The number of ether oxygens (including phenoxy) is 1. The van der Waals surface area contributed by atoms with E-state index < -0.39 is 29.3 Å². The number of nitrogens with one attached hydrogen (secondary N) is 1. The van der Waals surface area contributed by atoms with Gasteiger partial charge in [-0.15, -0.1) is 0 Å². The minimum absolute atomic E-state index is 0.131. The lowest BCUT2D eigenvalue weighted by atomic mass is 9.92. The van der Waals surface area contributed by atoms with E-state index in [4.69, 9.17) is 14.1 Å². The summed E-state index contributed by atoms with van der Waals surface area (Å²) in [4.78, 5) is 28.9. The van der Waals surface area contributed by atoms with Gasteiger partial charge in [0.05, 0.1) is 22.4 Å². The Morgan fingerprint density at radius 2 is 2.09 bits per heavy atom. The van der Waals surface area contributed by atoms with E-state index in [9.17, 15) is 18.0 Å². The molecule has 2 aliphatic carbocycles. The van der Waals surface area contributed by atoms with Gasteiger partial charge in [0, 0.05) is 29.8 Å². The highest BCUT2D eigenvalue weighted by Crippen LogP contribution is 2.50. The van der Waals surface area contributed by atoms with E-state index in [-0.39, 0.29) is 12.5 Å². The molecule has 4 aromatic rings. The average molecular weight is 623 g/mol. The van der Waals surface area contributed by atoms with Crippen molar-refractivity contribution in [3.05, 3.63) is 73.1 Å². The summed E-state index contributed by atoms with van der Waals surface area (Å²) >= 11 is 1.47. The van der Waals surface area contributed by atoms with Gasteiger partial charge in [-0.25, -0.2) is 9.78 Å². The second-order valence-electron chi connectivity index (χ2n) is 12.2. The minimum atomic E-state index is -4.29. The number of benzene rings is 1. The molecular weight excluding hydrogens is 591 g/mol. The zero-order valence-corrected chi connectivity index (χ0v) is 25.4. The van der Waals surface area contributed by atoms with Crippen molar-refractivity contribution in [1.82, 2.24) is 15.3 Å². The predicted molar refractivity (Wildman–Crippen MR) is 160 cm³/mol. The summed E-state index contributed by atoms with van der Waals surface area (Å²) in [7, 11) is 1.90. The molecule has 0 spiro atoms. The molecule has 3 atom stereocenters. The number of rotatable bonds is 7. The predicted octanol–water partition coefficient (Wildman–Crippen LogP) is 6.95. The van der Waals surface area contributed by atoms with Crippen molar-refractivity contribution in [1.29, 1.82) is 0 Å². The van der Waals surface area contributed by atoms with Crippen LogP contribution in [0.2, 0.25) is 0 Å². The number of alkyl carbamates (subject to hydrolysis) is 1. The van der Waals surface area contributed by atoms with Crippen LogP contribution in [-0.2, 0) is 4.74 Å². The van der Waals surface area contributed by atoms with Gasteiger partial charge in [0.25, 0.3) is 5.76 Å². The molecule has 1 saturated carbocycles. The number of fused-ring (bicyclic) bond motifs is 1. The molecule has 0 saturated heterocycles. The normalized spacial score (nSPS) is 21.5. The zero-order valence-electron chi connectivity index (χ0n) is 24.6. The molecule has 12 heteroatoms. The number of amides is 1. The molecular formula is C32H31F3N5O3S+. The van der Waals surface area contributed by atoms with Crippen molar-refractivity contribution in [2.45, 2.75) is 63.4 Å². The molecule has 228 valence electrons. The third-order valence-electron chi connectivity index (χ3n) is 7.81. The van der Waals surface area contributed by atoms with Crippen LogP contribution in [0.4, 0.5) is 23.1 Å². The molecule has 1 aromatic carbocycles. The number of likely N-dealkylation sites (N-methyl/N-ethyl adjacent to an activating group) is 1. The second-order valence-corrected chi connectivity index (χ2v) is 13.2. The van der Waals surface area contributed by atoms with E-state index in [0.717, 1.165) is 26.8 Å². The second kappa shape index (κ2) is 11.0. The number of carbonyl (C=O) groups is 1. The van der Waals surface area contributed by atoms with Gasteiger partial charge < -0.3 is 19.4 Å². The van der Waals surface area contributed by atoms with Crippen LogP contribution in [0.3, 0.4) is 0 Å². The first-order valence-corrected chi connectivity index (χ1v) is 15.0. The molecule has 0 radical (unpaired) electrons. The van der Waals surface area contributed by atoms with E-state index >= 15 is 0 Å². The number of pyridine rings is 1. The van der Waals surface area contributed by atoms with Crippen molar-refractivity contribution in [2.75, 3.05) is 11.9 Å². The maximum Gasteiger partial charge on any atom is 0.528 e. The van der Waals surface area contributed by atoms with Gasteiger partial charge >= 0.3 is 24.9 Å². The van der Waals surface area contributed by atoms with Gasteiger partial charge in [0.15, 0.2) is 5.13 Å². The van der Waals surface area contributed by atoms with Gasteiger partial charge in [0.1, 0.15) is 11.3 Å². The third-order valence-corrected chi connectivity index (χ3v) is 9.01. The molecule has 1 unspecified atom stereocenters. The summed E-state index contributed by atoms with van der Waals surface area (Å²) in [6.45, 7) is 5.34. The summed E-state index contributed by atoms with van der Waals surface area (Å²) in [5, 5.41) is 5.77. The minimum Gasteiger partial charge on any atom is -0.444 e. The van der Waals surface area contributed by atoms with Gasteiger partial charge in [-0.2, -0.15) is 13.2 Å². The van der Waals surface area contributed by atoms with Crippen molar-refractivity contribution < 1.29 is 32.1 Å². The monoisotopic (exact) mass is 622 g/mol. The highest BCUT2D eigenvalue weighted by atomic mass is 32.1. The lowest BCUT2D eigenvalue weighted by Gasteiger charge is -2.28. The average Bonchev–Trinajstić information content (AvgIpc) is 3.31. The highest BCUT2D eigenvalue weighted by Gasteiger charge is 2.59. The van der Waals surface area contributed by atoms with Crippen LogP contribution in [0.25, 0.3) is 32.7 Å². The van der Waals surface area contributed by atoms with Crippen molar-refractivity contribution >= 4 is 33.3 Å². The van der Waals surface area contributed by atoms with Crippen LogP contribution < -0.4 is 15.2 Å². The number of hydrogen-bond acceptors (Lipinski definition) is 7. The number of thiazole rings is 1. The van der Waals surface area contributed by atoms with Crippen LogP contribution in [0.5, 0.6) is 0 Å². The molecule has 1 N–H and O–H groups in total. The van der Waals surface area contributed by atoms with E-state index in [1.54, 1.807) is 39.2 Å². The quantitative estimate of drug-likeness (QED) is 0.239. The van der Waals surface area contributed by atoms with E-state index in [1.807, 2.05) is 36.3 Å². The maximum atomic E-state index is 13.3. The largest absolute Gasteiger partial charge is 0.528 e. The summed E-state index contributed by atoms with van der Waals surface area (Å²) in [6, 6.07) is 7.83. The van der Waals surface area contributed by atoms with Crippen LogP contribution in [0, 0.1) is 12.3 Å². The summed E-state index contributed by atoms with van der Waals surface area (Å²) in [5.41, 5.74) is 0.815. The molecule has 3 aromatic heterocycles. The number of anilines is 1. The Balaban J connectivity index is 1.31. The Labute approximate surface area is 256 Å². The molecule has 44 heavy (non-hydrogen) atoms. The SMILES string of the molecule is CN(c1nc(-c2c[n+]#co2)c(-c2ccc3cnccc3c2)s1)[C@@H]1C[C@]1(CC1=CCC(C(F)(F)F)C=C1)NC(=O)OC(C)(C)C. The summed E-state index contributed by atoms with van der Waals surface area (Å²) in [5.74, 6) is -1.04. The summed E-state index contributed by atoms with van der Waals surface area (Å²) in [6.07, 6.45) is 7.84. The van der Waals surface area contributed by atoms with E-state index in [1.165, 1.54) is 23.5 Å². The van der Waals surface area contributed by atoms with Crippen LogP contribution in [-0.4, -0.2) is 46.5 Å². The Hall–Kier alpha value is -4.37.